The van der Waals surface area contributed by atoms with Gasteiger partial charge in [-0.3, -0.25) is 4.79 Å². The second kappa shape index (κ2) is 5.36. The van der Waals surface area contributed by atoms with Gasteiger partial charge in [-0.05, 0) is 39.0 Å². The van der Waals surface area contributed by atoms with E-state index in [-0.39, 0.29) is 17.8 Å². The average Bonchev–Trinajstić information content (AvgIpc) is 2.77. The summed E-state index contributed by atoms with van der Waals surface area (Å²) in [6.45, 7) is 5.55. The van der Waals surface area contributed by atoms with Crippen LogP contribution in [-0.4, -0.2) is 10.5 Å². The van der Waals surface area contributed by atoms with Crippen LogP contribution in [0.2, 0.25) is 0 Å². The van der Waals surface area contributed by atoms with Gasteiger partial charge >= 0.3 is 0 Å². The summed E-state index contributed by atoms with van der Waals surface area (Å²) in [7, 11) is 0. The van der Waals surface area contributed by atoms with E-state index in [0.717, 1.165) is 0 Å². The Morgan fingerprint density at radius 2 is 2.10 bits per heavy atom. The molecule has 0 unspecified atom stereocenters. The number of nitrogens with two attached hydrogens (primary N) is 1. The number of carbonyl (C=O) groups is 1. The highest BCUT2D eigenvalue weighted by atomic mass is 19.1. The van der Waals surface area contributed by atoms with Gasteiger partial charge in [0.1, 0.15) is 11.5 Å². The van der Waals surface area contributed by atoms with Gasteiger partial charge in [-0.2, -0.15) is 0 Å². The lowest BCUT2D eigenvalue weighted by Crippen LogP contribution is -2.18. The summed E-state index contributed by atoms with van der Waals surface area (Å²) in [5.74, 6) is -0.648. The van der Waals surface area contributed by atoms with Gasteiger partial charge in [0.25, 0.3) is 5.91 Å². The van der Waals surface area contributed by atoms with Crippen LogP contribution in [0, 0.1) is 12.7 Å². The van der Waals surface area contributed by atoms with Gasteiger partial charge in [0.05, 0.1) is 5.69 Å². The van der Waals surface area contributed by atoms with E-state index in [9.17, 15) is 9.18 Å². The summed E-state index contributed by atoms with van der Waals surface area (Å²) < 4.78 is 15.3. The van der Waals surface area contributed by atoms with Crippen molar-refractivity contribution in [3.63, 3.8) is 0 Å². The van der Waals surface area contributed by atoms with Crippen molar-refractivity contribution < 1.29 is 9.18 Å². The van der Waals surface area contributed by atoms with Crippen molar-refractivity contribution in [3.05, 3.63) is 47.5 Å². The zero-order valence-corrected chi connectivity index (χ0v) is 11.8. The number of hydrogen-bond acceptors (Lipinski definition) is 2. The predicted molar refractivity (Wildman–Crippen MR) is 78.3 cm³/mol. The molecule has 0 saturated carbocycles. The molecule has 0 radical (unpaired) electrons. The third-order valence-corrected chi connectivity index (χ3v) is 3.17. The monoisotopic (exact) mass is 275 g/mol. The van der Waals surface area contributed by atoms with Crippen LogP contribution in [0.25, 0.3) is 0 Å². The van der Waals surface area contributed by atoms with E-state index < -0.39 is 0 Å². The van der Waals surface area contributed by atoms with Gasteiger partial charge in [0.15, 0.2) is 0 Å². The Morgan fingerprint density at radius 1 is 1.40 bits per heavy atom. The zero-order chi connectivity index (χ0) is 14.9. The van der Waals surface area contributed by atoms with Crippen molar-refractivity contribution >= 4 is 17.3 Å². The van der Waals surface area contributed by atoms with Gasteiger partial charge in [-0.15, -0.1) is 0 Å². The zero-order valence-electron chi connectivity index (χ0n) is 11.8. The van der Waals surface area contributed by atoms with Crippen LogP contribution in [0.5, 0.6) is 0 Å². The standard InChI is InChI=1S/C15H18FN3O/c1-9(2)19-8-11(17)7-14(19)15(20)18-13-6-4-5-12(16)10(13)3/h4-9H,17H2,1-3H3,(H,18,20). The molecular formula is C15H18FN3O. The first kappa shape index (κ1) is 14.1. The lowest BCUT2D eigenvalue weighted by Gasteiger charge is -2.13. The molecule has 5 heteroatoms. The van der Waals surface area contributed by atoms with Crippen molar-refractivity contribution in [2.45, 2.75) is 26.8 Å². The molecule has 0 spiro atoms. The summed E-state index contributed by atoms with van der Waals surface area (Å²) in [4.78, 5) is 12.3. The fourth-order valence-electron chi connectivity index (χ4n) is 2.04. The number of carbonyl (C=O) groups excluding carboxylic acids is 1. The quantitative estimate of drug-likeness (QED) is 0.902. The van der Waals surface area contributed by atoms with Gasteiger partial charge < -0.3 is 15.6 Å². The van der Waals surface area contributed by atoms with E-state index in [2.05, 4.69) is 5.32 Å². The maximum atomic E-state index is 13.5. The van der Waals surface area contributed by atoms with Crippen molar-refractivity contribution in [2.24, 2.45) is 0 Å². The molecule has 0 atom stereocenters. The third-order valence-electron chi connectivity index (χ3n) is 3.17. The van der Waals surface area contributed by atoms with E-state index in [1.54, 1.807) is 35.9 Å². The minimum absolute atomic E-state index is 0.113. The Balaban J connectivity index is 2.31. The number of nitrogens with one attached hydrogen (secondary N) is 1. The summed E-state index contributed by atoms with van der Waals surface area (Å²) >= 11 is 0. The summed E-state index contributed by atoms with van der Waals surface area (Å²) in [6.07, 6.45) is 1.72. The first-order valence-electron chi connectivity index (χ1n) is 6.44. The minimum atomic E-state index is -0.346. The molecule has 106 valence electrons. The average molecular weight is 275 g/mol. The summed E-state index contributed by atoms with van der Waals surface area (Å²) in [6, 6.07) is 6.32. The van der Waals surface area contributed by atoms with E-state index in [1.807, 2.05) is 13.8 Å². The molecule has 0 bridgehead atoms. The fraction of sp³-hybridized carbons (Fsp3) is 0.267. The maximum Gasteiger partial charge on any atom is 0.272 e. The largest absolute Gasteiger partial charge is 0.397 e. The fourth-order valence-corrected chi connectivity index (χ4v) is 2.04. The number of halogens is 1. The second-order valence-electron chi connectivity index (χ2n) is 5.03. The number of hydrogen-bond donors (Lipinski definition) is 2. The number of amides is 1. The molecule has 1 amide bonds. The molecule has 0 aliphatic carbocycles. The molecule has 1 aromatic heterocycles. The van der Waals surface area contributed by atoms with Crippen molar-refractivity contribution in [1.82, 2.24) is 4.57 Å². The van der Waals surface area contributed by atoms with Crippen molar-refractivity contribution in [1.29, 1.82) is 0 Å². The van der Waals surface area contributed by atoms with Gasteiger partial charge in [0, 0.05) is 23.5 Å². The Hall–Kier alpha value is -2.30. The van der Waals surface area contributed by atoms with Gasteiger partial charge in [-0.1, -0.05) is 6.07 Å². The molecule has 0 fully saturated rings. The first-order chi connectivity index (χ1) is 9.40. The van der Waals surface area contributed by atoms with Crippen LogP contribution in [0.1, 0.15) is 35.9 Å². The SMILES string of the molecule is Cc1c(F)cccc1NC(=O)c1cc(N)cn1C(C)C. The molecule has 20 heavy (non-hydrogen) atoms. The normalized spacial score (nSPS) is 10.8. The van der Waals surface area contributed by atoms with Crippen molar-refractivity contribution in [3.8, 4) is 0 Å². The molecule has 2 aromatic rings. The van der Waals surface area contributed by atoms with Crippen LogP contribution in [0.4, 0.5) is 15.8 Å². The Bertz CT molecular complexity index is 647. The first-order valence-corrected chi connectivity index (χ1v) is 6.44. The summed E-state index contributed by atoms with van der Waals surface area (Å²) in [5, 5.41) is 2.72. The lowest BCUT2D eigenvalue weighted by atomic mass is 10.2. The molecule has 4 nitrogen and oxygen atoms in total. The van der Waals surface area contributed by atoms with Crippen LogP contribution >= 0.6 is 0 Å². The van der Waals surface area contributed by atoms with E-state index in [4.69, 9.17) is 5.73 Å². The number of nitrogens with zero attached hydrogens (tertiary/aromatic N) is 1. The minimum Gasteiger partial charge on any atom is -0.397 e. The number of nitrogen functional groups attached to an aromatic ring is 1. The third kappa shape index (κ3) is 2.66. The number of aromatic nitrogens is 1. The lowest BCUT2D eigenvalue weighted by molar-refractivity contribution is 0.101. The molecule has 2 rings (SSSR count). The van der Waals surface area contributed by atoms with Gasteiger partial charge in [0.2, 0.25) is 0 Å². The van der Waals surface area contributed by atoms with E-state index >= 15 is 0 Å². The number of rotatable bonds is 3. The number of anilines is 2. The van der Waals surface area contributed by atoms with Crippen LogP contribution in [0.15, 0.2) is 30.5 Å². The Labute approximate surface area is 117 Å². The predicted octanol–water partition coefficient (Wildman–Crippen LogP) is 3.35. The topological polar surface area (TPSA) is 60.1 Å². The van der Waals surface area contributed by atoms with Gasteiger partial charge in [-0.25, -0.2) is 4.39 Å². The molecule has 1 heterocycles. The molecule has 0 aliphatic heterocycles. The number of benzene rings is 1. The van der Waals surface area contributed by atoms with Crippen LogP contribution in [0.3, 0.4) is 0 Å². The highest BCUT2D eigenvalue weighted by molar-refractivity contribution is 6.04. The molecule has 3 N–H and O–H groups in total. The highest BCUT2D eigenvalue weighted by Gasteiger charge is 2.16. The van der Waals surface area contributed by atoms with Crippen molar-refractivity contribution in [2.75, 3.05) is 11.1 Å². The van der Waals surface area contributed by atoms with Crippen LogP contribution in [-0.2, 0) is 0 Å². The van der Waals surface area contributed by atoms with E-state index in [0.29, 0.717) is 22.6 Å². The second-order valence-corrected chi connectivity index (χ2v) is 5.03. The Kier molecular flexibility index (Phi) is 3.79. The molecule has 0 saturated heterocycles. The summed E-state index contributed by atoms with van der Waals surface area (Å²) in [5.41, 5.74) is 7.61. The molecule has 0 aliphatic rings. The van der Waals surface area contributed by atoms with Crippen LogP contribution < -0.4 is 11.1 Å². The maximum absolute atomic E-state index is 13.5. The van der Waals surface area contributed by atoms with E-state index in [1.165, 1.54) is 6.07 Å². The smallest absolute Gasteiger partial charge is 0.272 e. The Morgan fingerprint density at radius 3 is 2.75 bits per heavy atom. The molecular weight excluding hydrogens is 257 g/mol. The highest BCUT2D eigenvalue weighted by Crippen LogP contribution is 2.21. The molecule has 1 aromatic carbocycles.